The third-order valence-electron chi connectivity index (χ3n) is 3.86. The van der Waals surface area contributed by atoms with Gasteiger partial charge in [-0.3, -0.25) is 0 Å². The van der Waals surface area contributed by atoms with Gasteiger partial charge in [0.05, 0.1) is 12.0 Å². The van der Waals surface area contributed by atoms with Gasteiger partial charge in [-0.15, -0.1) is 0 Å². The van der Waals surface area contributed by atoms with Crippen LogP contribution in [0.4, 0.5) is 0 Å². The second kappa shape index (κ2) is 2.89. The first-order valence-corrected chi connectivity index (χ1v) is 5.64. The molecule has 16 heavy (non-hydrogen) atoms. The fourth-order valence-electron chi connectivity index (χ4n) is 2.84. The van der Waals surface area contributed by atoms with E-state index in [0.29, 0.717) is 0 Å². The maximum Gasteiger partial charge on any atom is 0.0665 e. The Morgan fingerprint density at radius 1 is 1.44 bits per heavy atom. The molecular weight excluding hydrogens is 196 g/mol. The molecule has 2 nitrogen and oxygen atoms in total. The van der Waals surface area contributed by atoms with Gasteiger partial charge in [-0.2, -0.15) is 5.26 Å². The van der Waals surface area contributed by atoms with E-state index >= 15 is 0 Å². The minimum absolute atomic E-state index is 0.0679. The summed E-state index contributed by atoms with van der Waals surface area (Å²) >= 11 is 0. The van der Waals surface area contributed by atoms with Crippen molar-refractivity contribution in [1.29, 1.82) is 5.26 Å². The van der Waals surface area contributed by atoms with E-state index in [1.807, 2.05) is 6.07 Å². The molecule has 1 heterocycles. The second-order valence-corrected chi connectivity index (χ2v) is 4.97. The largest absolute Gasteiger partial charge is 0.358 e. The van der Waals surface area contributed by atoms with E-state index in [-0.39, 0.29) is 11.3 Å². The molecule has 2 heteroatoms. The van der Waals surface area contributed by atoms with Crippen molar-refractivity contribution in [3.63, 3.8) is 0 Å². The summed E-state index contributed by atoms with van der Waals surface area (Å²) < 4.78 is 0. The molecule has 0 radical (unpaired) electrons. The number of nitrogens with zero attached hydrogens (tertiary/aromatic N) is 1. The predicted molar refractivity (Wildman–Crippen MR) is 64.1 cm³/mol. The zero-order valence-electron chi connectivity index (χ0n) is 9.54. The molecule has 0 spiro atoms. The van der Waals surface area contributed by atoms with E-state index in [1.54, 1.807) is 0 Å². The van der Waals surface area contributed by atoms with Crippen molar-refractivity contribution in [3.8, 4) is 6.07 Å². The van der Waals surface area contributed by atoms with Crippen molar-refractivity contribution in [1.82, 2.24) is 4.98 Å². The molecule has 0 bridgehead atoms. The number of aryl methyl sites for hydroxylation is 1. The van der Waals surface area contributed by atoms with Crippen LogP contribution in [0.1, 0.15) is 24.6 Å². The van der Waals surface area contributed by atoms with Crippen LogP contribution in [0.15, 0.2) is 24.3 Å². The third kappa shape index (κ3) is 1.06. The van der Waals surface area contributed by atoms with Crippen LogP contribution in [-0.4, -0.2) is 4.98 Å². The molecule has 1 aliphatic rings. The maximum absolute atomic E-state index is 9.04. The van der Waals surface area contributed by atoms with E-state index in [4.69, 9.17) is 5.26 Å². The molecule has 80 valence electrons. The van der Waals surface area contributed by atoms with Crippen molar-refractivity contribution in [2.75, 3.05) is 0 Å². The van der Waals surface area contributed by atoms with Gasteiger partial charge < -0.3 is 4.98 Å². The van der Waals surface area contributed by atoms with E-state index in [1.165, 1.54) is 22.2 Å². The highest BCUT2D eigenvalue weighted by atomic mass is 14.7. The molecule has 2 unspecified atom stereocenters. The van der Waals surface area contributed by atoms with Crippen LogP contribution in [0.2, 0.25) is 0 Å². The predicted octanol–water partition coefficient (Wildman–Crippen LogP) is 3.28. The van der Waals surface area contributed by atoms with E-state index in [9.17, 15) is 0 Å². The summed E-state index contributed by atoms with van der Waals surface area (Å²) in [4.78, 5) is 3.41. The van der Waals surface area contributed by atoms with Crippen LogP contribution in [-0.2, 0) is 5.41 Å². The second-order valence-electron chi connectivity index (χ2n) is 4.97. The lowest BCUT2D eigenvalue weighted by Crippen LogP contribution is -2.04. The van der Waals surface area contributed by atoms with E-state index in [2.05, 4.69) is 43.1 Å². The molecule has 2 atom stereocenters. The van der Waals surface area contributed by atoms with Crippen molar-refractivity contribution in [2.45, 2.75) is 25.7 Å². The lowest BCUT2D eigenvalue weighted by molar-refractivity contribution is 0.741. The summed E-state index contributed by atoms with van der Waals surface area (Å²) in [5.74, 6) is 0.186. The number of fused-ring (bicyclic) bond motifs is 1. The SMILES string of the molecule is Cc1[nH]c2ccccc2c1C1(C)CC1C#N. The molecule has 1 fully saturated rings. The number of hydrogen-bond donors (Lipinski definition) is 1. The van der Waals surface area contributed by atoms with Gasteiger partial charge >= 0.3 is 0 Å². The smallest absolute Gasteiger partial charge is 0.0665 e. The number of nitrogens with one attached hydrogen (secondary N) is 1. The zero-order chi connectivity index (χ0) is 11.3. The van der Waals surface area contributed by atoms with E-state index in [0.717, 1.165) is 6.42 Å². The van der Waals surface area contributed by atoms with Crippen LogP contribution >= 0.6 is 0 Å². The number of hydrogen-bond acceptors (Lipinski definition) is 1. The van der Waals surface area contributed by atoms with Crippen LogP contribution in [0.5, 0.6) is 0 Å². The van der Waals surface area contributed by atoms with Crippen molar-refractivity contribution < 1.29 is 0 Å². The molecule has 1 aromatic carbocycles. The average Bonchev–Trinajstić information content (AvgIpc) is 2.81. The molecule has 1 N–H and O–H groups in total. The first-order valence-electron chi connectivity index (χ1n) is 5.64. The number of rotatable bonds is 1. The fraction of sp³-hybridized carbons (Fsp3) is 0.357. The van der Waals surface area contributed by atoms with Crippen LogP contribution in [0.3, 0.4) is 0 Å². The highest BCUT2D eigenvalue weighted by Gasteiger charge is 2.53. The highest BCUT2D eigenvalue weighted by molar-refractivity contribution is 5.86. The quantitative estimate of drug-likeness (QED) is 0.770. The Kier molecular flexibility index (Phi) is 1.71. The van der Waals surface area contributed by atoms with Gasteiger partial charge in [-0.1, -0.05) is 25.1 Å². The molecule has 2 aromatic rings. The first kappa shape index (κ1) is 9.47. The minimum Gasteiger partial charge on any atom is -0.358 e. The third-order valence-corrected chi connectivity index (χ3v) is 3.86. The van der Waals surface area contributed by atoms with Gasteiger partial charge in [0.2, 0.25) is 0 Å². The summed E-state index contributed by atoms with van der Waals surface area (Å²) in [5, 5.41) is 10.3. The van der Waals surface area contributed by atoms with Crippen LogP contribution in [0.25, 0.3) is 10.9 Å². The number of aromatic amines is 1. The summed E-state index contributed by atoms with van der Waals surface area (Å²) in [6.07, 6.45) is 0.992. The number of nitriles is 1. The lowest BCUT2D eigenvalue weighted by Gasteiger charge is -2.09. The number of benzene rings is 1. The summed E-state index contributed by atoms with van der Waals surface area (Å²) in [7, 11) is 0. The topological polar surface area (TPSA) is 39.6 Å². The van der Waals surface area contributed by atoms with Crippen molar-refractivity contribution >= 4 is 10.9 Å². The average molecular weight is 210 g/mol. The highest BCUT2D eigenvalue weighted by Crippen LogP contribution is 2.56. The Morgan fingerprint density at radius 2 is 2.19 bits per heavy atom. The van der Waals surface area contributed by atoms with Gasteiger partial charge in [0.15, 0.2) is 0 Å². The number of para-hydroxylation sites is 1. The minimum atomic E-state index is 0.0679. The Labute approximate surface area is 94.9 Å². The number of aromatic nitrogens is 1. The first-order chi connectivity index (χ1) is 7.66. The molecule has 1 aliphatic carbocycles. The van der Waals surface area contributed by atoms with Gasteiger partial charge in [0.1, 0.15) is 0 Å². The molecule has 0 saturated heterocycles. The van der Waals surface area contributed by atoms with Crippen LogP contribution in [0, 0.1) is 24.2 Å². The fourth-order valence-corrected chi connectivity index (χ4v) is 2.84. The van der Waals surface area contributed by atoms with Gasteiger partial charge in [0, 0.05) is 22.0 Å². The molecule has 1 saturated carbocycles. The normalized spacial score (nSPS) is 27.9. The molecule has 0 amide bonds. The lowest BCUT2D eigenvalue weighted by atomic mass is 9.93. The monoisotopic (exact) mass is 210 g/mol. The Balaban J connectivity index is 2.25. The van der Waals surface area contributed by atoms with Gasteiger partial charge in [-0.05, 0) is 25.0 Å². The Hall–Kier alpha value is -1.75. The van der Waals surface area contributed by atoms with E-state index < -0.39 is 0 Å². The van der Waals surface area contributed by atoms with Crippen LogP contribution < -0.4 is 0 Å². The summed E-state index contributed by atoms with van der Waals surface area (Å²) in [6, 6.07) is 10.7. The van der Waals surface area contributed by atoms with Gasteiger partial charge in [0.25, 0.3) is 0 Å². The van der Waals surface area contributed by atoms with Crippen molar-refractivity contribution in [3.05, 3.63) is 35.5 Å². The Bertz CT molecular complexity index is 603. The molecule has 3 rings (SSSR count). The Morgan fingerprint density at radius 3 is 2.88 bits per heavy atom. The van der Waals surface area contributed by atoms with Gasteiger partial charge in [-0.25, -0.2) is 0 Å². The van der Waals surface area contributed by atoms with Crippen molar-refractivity contribution in [2.24, 2.45) is 5.92 Å². The molecular formula is C14H14N2. The maximum atomic E-state index is 9.04. The summed E-state index contributed by atoms with van der Waals surface area (Å²) in [6.45, 7) is 4.30. The molecule has 1 aromatic heterocycles. The zero-order valence-corrected chi connectivity index (χ0v) is 9.54. The summed E-state index contributed by atoms with van der Waals surface area (Å²) in [5.41, 5.74) is 3.80. The standard InChI is InChI=1S/C14H14N2/c1-9-13(14(2)7-10(14)8-15)11-5-3-4-6-12(11)16-9/h3-6,10,16H,7H2,1-2H3. The number of H-pyrrole nitrogens is 1. The molecule has 0 aliphatic heterocycles.